The predicted molar refractivity (Wildman–Crippen MR) is 76.4 cm³/mol. The van der Waals surface area contributed by atoms with Crippen LogP contribution in [0.5, 0.6) is 5.75 Å². The van der Waals surface area contributed by atoms with Crippen molar-refractivity contribution in [3.63, 3.8) is 0 Å². The van der Waals surface area contributed by atoms with Gasteiger partial charge in [0.15, 0.2) is 6.61 Å². The Hall–Kier alpha value is -2.08. The maximum absolute atomic E-state index is 12.2. The smallest absolute Gasteiger partial charge is 0.341 e. The molecule has 2 N–H and O–H groups in total. The largest absolute Gasteiger partial charge is 0.482 e. The number of amides is 1. The highest BCUT2D eigenvalue weighted by Gasteiger charge is 2.49. The third-order valence-corrected chi connectivity index (χ3v) is 3.59. The fraction of sp³-hybridized carbons (Fsp3) is 0.467. The number of carboxylic acids is 1. The molecule has 1 aromatic rings. The second-order valence-electron chi connectivity index (χ2n) is 5.18. The summed E-state index contributed by atoms with van der Waals surface area (Å²) in [5.74, 6) is -0.559. The third-order valence-electron chi connectivity index (χ3n) is 3.59. The molecule has 0 unspecified atom stereocenters. The van der Waals surface area contributed by atoms with Crippen molar-refractivity contribution in [3.8, 4) is 5.75 Å². The van der Waals surface area contributed by atoms with Gasteiger partial charge in [-0.15, -0.1) is 0 Å². The molecular formula is C15H19NO5. The maximum Gasteiger partial charge on any atom is 0.341 e. The molecule has 0 radical (unpaired) electrons. The van der Waals surface area contributed by atoms with Gasteiger partial charge < -0.3 is 19.9 Å². The standard InChI is InChI=1S/C15H19NO5/c1-20-9-8-15(6-7-15)14(19)16-11-2-4-12(5-3-11)21-10-13(17)18/h2-5H,6-10H2,1H3,(H,16,19)(H,17,18). The average Bonchev–Trinajstić information content (AvgIpc) is 3.25. The predicted octanol–water partition coefficient (Wildman–Crippen LogP) is 1.91. The Kier molecular flexibility index (Phi) is 4.80. The molecule has 0 saturated heterocycles. The zero-order valence-electron chi connectivity index (χ0n) is 11.9. The molecule has 6 nitrogen and oxygen atoms in total. The number of methoxy groups -OCH3 is 1. The Bertz CT molecular complexity index is 507. The topological polar surface area (TPSA) is 84.9 Å². The molecule has 1 aromatic carbocycles. The Labute approximate surface area is 123 Å². The summed E-state index contributed by atoms with van der Waals surface area (Å²) in [5, 5.41) is 11.4. The molecule has 0 atom stereocenters. The number of ether oxygens (including phenoxy) is 2. The lowest BCUT2D eigenvalue weighted by Gasteiger charge is -2.15. The van der Waals surface area contributed by atoms with Crippen LogP contribution in [-0.4, -0.2) is 37.3 Å². The van der Waals surface area contributed by atoms with Crippen LogP contribution < -0.4 is 10.1 Å². The van der Waals surface area contributed by atoms with E-state index < -0.39 is 5.97 Å². The third kappa shape index (κ3) is 4.19. The first-order valence-electron chi connectivity index (χ1n) is 6.81. The molecule has 0 spiro atoms. The van der Waals surface area contributed by atoms with Gasteiger partial charge in [0.1, 0.15) is 5.75 Å². The molecule has 2 rings (SSSR count). The lowest BCUT2D eigenvalue weighted by Crippen LogP contribution is -2.25. The van der Waals surface area contributed by atoms with Crippen LogP contribution in [0.3, 0.4) is 0 Å². The highest BCUT2D eigenvalue weighted by Crippen LogP contribution is 2.49. The fourth-order valence-electron chi connectivity index (χ4n) is 2.08. The summed E-state index contributed by atoms with van der Waals surface area (Å²) in [7, 11) is 1.63. The van der Waals surface area contributed by atoms with Gasteiger partial charge in [-0.2, -0.15) is 0 Å². The number of hydrogen-bond donors (Lipinski definition) is 2. The summed E-state index contributed by atoms with van der Waals surface area (Å²) in [6.45, 7) is 0.196. The SMILES string of the molecule is COCCC1(C(=O)Nc2ccc(OCC(=O)O)cc2)CC1. The highest BCUT2D eigenvalue weighted by molar-refractivity contribution is 5.97. The number of hydrogen-bond acceptors (Lipinski definition) is 4. The number of aliphatic carboxylic acids is 1. The molecule has 1 fully saturated rings. The van der Waals surface area contributed by atoms with Crippen molar-refractivity contribution >= 4 is 17.6 Å². The van der Waals surface area contributed by atoms with E-state index in [-0.39, 0.29) is 17.9 Å². The first-order valence-corrected chi connectivity index (χ1v) is 6.81. The van der Waals surface area contributed by atoms with Crippen molar-refractivity contribution in [2.24, 2.45) is 5.41 Å². The number of anilines is 1. The molecule has 1 aliphatic rings. The van der Waals surface area contributed by atoms with Gasteiger partial charge in [0.2, 0.25) is 5.91 Å². The number of nitrogens with one attached hydrogen (secondary N) is 1. The quantitative estimate of drug-likeness (QED) is 0.764. The normalized spacial score (nSPS) is 15.3. The van der Waals surface area contributed by atoms with Crippen LogP contribution in [0, 0.1) is 5.41 Å². The van der Waals surface area contributed by atoms with Crippen LogP contribution in [0.1, 0.15) is 19.3 Å². The number of rotatable bonds is 8. The zero-order valence-corrected chi connectivity index (χ0v) is 11.9. The minimum Gasteiger partial charge on any atom is -0.482 e. The van der Waals surface area contributed by atoms with Gasteiger partial charge in [0, 0.05) is 19.4 Å². The van der Waals surface area contributed by atoms with Crippen LogP contribution in [0.25, 0.3) is 0 Å². The summed E-state index contributed by atoms with van der Waals surface area (Å²) in [6, 6.07) is 6.66. The van der Waals surface area contributed by atoms with E-state index >= 15 is 0 Å². The molecule has 21 heavy (non-hydrogen) atoms. The average molecular weight is 293 g/mol. The second kappa shape index (κ2) is 6.58. The summed E-state index contributed by atoms with van der Waals surface area (Å²) in [6.07, 6.45) is 2.51. The molecule has 114 valence electrons. The van der Waals surface area contributed by atoms with Gasteiger partial charge in [-0.3, -0.25) is 4.79 Å². The van der Waals surface area contributed by atoms with E-state index in [0.717, 1.165) is 19.3 Å². The van der Waals surface area contributed by atoms with Crippen molar-refractivity contribution in [1.29, 1.82) is 0 Å². The first kappa shape index (κ1) is 15.3. The molecule has 1 aliphatic carbocycles. The minimum absolute atomic E-state index is 0.0127. The van der Waals surface area contributed by atoms with E-state index in [4.69, 9.17) is 14.6 Å². The van der Waals surface area contributed by atoms with Gasteiger partial charge in [-0.25, -0.2) is 4.79 Å². The lowest BCUT2D eigenvalue weighted by molar-refractivity contribution is -0.139. The van der Waals surface area contributed by atoms with Crippen molar-refractivity contribution in [2.45, 2.75) is 19.3 Å². The Morgan fingerprint density at radius 1 is 1.29 bits per heavy atom. The monoisotopic (exact) mass is 293 g/mol. The first-order chi connectivity index (χ1) is 10.1. The van der Waals surface area contributed by atoms with Crippen LogP contribution >= 0.6 is 0 Å². The van der Waals surface area contributed by atoms with E-state index in [9.17, 15) is 9.59 Å². The highest BCUT2D eigenvalue weighted by atomic mass is 16.5. The van der Waals surface area contributed by atoms with Crippen LogP contribution in [0.15, 0.2) is 24.3 Å². The summed E-state index contributed by atoms with van der Waals surface area (Å²) >= 11 is 0. The van der Waals surface area contributed by atoms with Crippen LogP contribution in [0.2, 0.25) is 0 Å². The Balaban J connectivity index is 1.88. The Morgan fingerprint density at radius 2 is 1.95 bits per heavy atom. The van der Waals surface area contributed by atoms with Crippen molar-refractivity contribution in [2.75, 3.05) is 25.6 Å². The number of carbonyl (C=O) groups is 2. The van der Waals surface area contributed by atoms with Gasteiger partial charge >= 0.3 is 5.97 Å². The molecule has 6 heteroatoms. The zero-order chi connectivity index (χ0) is 15.3. The molecule has 0 aliphatic heterocycles. The van der Waals surface area contributed by atoms with Crippen molar-refractivity contribution in [1.82, 2.24) is 0 Å². The van der Waals surface area contributed by atoms with E-state index in [2.05, 4.69) is 5.32 Å². The number of carboxylic acid groups (broad SMARTS) is 1. The molecular weight excluding hydrogens is 274 g/mol. The molecule has 1 saturated carbocycles. The molecule has 1 amide bonds. The summed E-state index contributed by atoms with van der Waals surface area (Å²) < 4.78 is 10.1. The van der Waals surface area contributed by atoms with E-state index in [1.54, 1.807) is 31.4 Å². The molecule has 0 aromatic heterocycles. The van der Waals surface area contributed by atoms with Gasteiger partial charge in [0.25, 0.3) is 0 Å². The fourth-order valence-corrected chi connectivity index (χ4v) is 2.08. The van der Waals surface area contributed by atoms with E-state index in [1.807, 2.05) is 0 Å². The van der Waals surface area contributed by atoms with Gasteiger partial charge in [-0.05, 0) is 43.5 Å². The Morgan fingerprint density at radius 3 is 2.48 bits per heavy atom. The van der Waals surface area contributed by atoms with Crippen molar-refractivity contribution in [3.05, 3.63) is 24.3 Å². The van der Waals surface area contributed by atoms with E-state index in [0.29, 0.717) is 18.0 Å². The minimum atomic E-state index is -1.03. The van der Waals surface area contributed by atoms with Gasteiger partial charge in [-0.1, -0.05) is 0 Å². The molecule has 0 bridgehead atoms. The van der Waals surface area contributed by atoms with Crippen LogP contribution in [0.4, 0.5) is 5.69 Å². The van der Waals surface area contributed by atoms with E-state index in [1.165, 1.54) is 0 Å². The summed E-state index contributed by atoms with van der Waals surface area (Å²) in [4.78, 5) is 22.6. The number of carbonyl (C=O) groups excluding carboxylic acids is 1. The maximum atomic E-state index is 12.2. The van der Waals surface area contributed by atoms with Crippen LogP contribution in [-0.2, 0) is 14.3 Å². The molecule has 0 heterocycles. The lowest BCUT2D eigenvalue weighted by atomic mass is 10.0. The van der Waals surface area contributed by atoms with Gasteiger partial charge in [0.05, 0.1) is 5.41 Å². The summed E-state index contributed by atoms with van der Waals surface area (Å²) in [5.41, 5.74) is 0.389. The number of benzene rings is 1. The van der Waals surface area contributed by atoms with Crippen molar-refractivity contribution < 1.29 is 24.2 Å². The second-order valence-corrected chi connectivity index (χ2v) is 5.18.